The predicted molar refractivity (Wildman–Crippen MR) is 163 cm³/mol. The highest BCUT2D eigenvalue weighted by Gasteiger charge is 2.48. The summed E-state index contributed by atoms with van der Waals surface area (Å²) in [5.41, 5.74) is 8.06. The molecule has 0 aliphatic carbocycles. The zero-order valence-corrected chi connectivity index (χ0v) is 25.5. The van der Waals surface area contributed by atoms with E-state index < -0.39 is 23.3 Å². The second-order valence-electron chi connectivity index (χ2n) is 12.6. The Bertz CT molecular complexity index is 1350. The van der Waals surface area contributed by atoms with Gasteiger partial charge in [-0.3, -0.25) is 19.3 Å². The van der Waals surface area contributed by atoms with Gasteiger partial charge in [-0.05, 0) is 54.7 Å². The molecule has 2 saturated heterocycles. The number of amides is 2. The van der Waals surface area contributed by atoms with E-state index in [1.807, 2.05) is 66.1 Å². The van der Waals surface area contributed by atoms with Gasteiger partial charge in [0.05, 0.1) is 12.5 Å². The fraction of sp³-hybridized carbons (Fsp3) is 0.545. The Morgan fingerprint density at radius 1 is 1.14 bits per heavy atom. The highest BCUT2D eigenvalue weighted by molar-refractivity contribution is 5.95. The normalized spacial score (nSPS) is 22.7. The van der Waals surface area contributed by atoms with E-state index in [1.165, 1.54) is 0 Å². The van der Waals surface area contributed by atoms with Gasteiger partial charge in [0.1, 0.15) is 0 Å². The van der Waals surface area contributed by atoms with Crippen LogP contribution >= 0.6 is 0 Å². The Kier molecular flexibility index (Phi) is 9.27. The van der Waals surface area contributed by atoms with Crippen LogP contribution in [-0.2, 0) is 20.9 Å². The number of benzene rings is 2. The Morgan fingerprint density at radius 3 is 2.63 bits per heavy atom. The largest absolute Gasteiger partial charge is 0.481 e. The third kappa shape index (κ3) is 6.50. The molecule has 232 valence electrons. The van der Waals surface area contributed by atoms with Gasteiger partial charge in [0, 0.05) is 55.8 Å². The molecule has 2 aromatic rings. The van der Waals surface area contributed by atoms with Crippen LogP contribution in [0.5, 0.6) is 11.5 Å². The van der Waals surface area contributed by atoms with Gasteiger partial charge in [0.15, 0.2) is 11.5 Å². The molecule has 0 radical (unpaired) electrons. The van der Waals surface area contributed by atoms with Crippen molar-refractivity contribution in [3.8, 4) is 11.5 Å². The summed E-state index contributed by atoms with van der Waals surface area (Å²) in [6.07, 6.45) is 3.01. The zero-order valence-electron chi connectivity index (χ0n) is 25.5. The topological polar surface area (TPSA) is 126 Å². The second-order valence-corrected chi connectivity index (χ2v) is 12.6. The first-order valence-corrected chi connectivity index (χ1v) is 15.4. The van der Waals surface area contributed by atoms with Crippen molar-refractivity contribution in [3.05, 3.63) is 53.6 Å². The summed E-state index contributed by atoms with van der Waals surface area (Å²) in [6.45, 7) is 8.65. The summed E-state index contributed by atoms with van der Waals surface area (Å²) < 4.78 is 11.1. The van der Waals surface area contributed by atoms with E-state index in [0.717, 1.165) is 36.1 Å². The Balaban J connectivity index is 1.43. The highest BCUT2D eigenvalue weighted by atomic mass is 16.7. The first kappa shape index (κ1) is 30.8. The quantitative estimate of drug-likeness (QED) is 0.381. The second kappa shape index (κ2) is 12.9. The highest BCUT2D eigenvalue weighted by Crippen LogP contribution is 2.43. The lowest BCUT2D eigenvalue weighted by Crippen LogP contribution is -2.46. The molecule has 0 bridgehead atoms. The summed E-state index contributed by atoms with van der Waals surface area (Å²) in [5.74, 6) is -0.779. The van der Waals surface area contributed by atoms with Crippen molar-refractivity contribution in [2.75, 3.05) is 44.4 Å². The third-order valence-corrected chi connectivity index (χ3v) is 9.26. The van der Waals surface area contributed by atoms with Crippen LogP contribution in [-0.4, -0.2) is 78.2 Å². The smallest absolute Gasteiger partial charge is 0.308 e. The molecule has 2 amide bonds. The number of rotatable bonds is 12. The number of carbonyl (C=O) groups is 3. The summed E-state index contributed by atoms with van der Waals surface area (Å²) in [6, 6.07) is 12.9. The maximum absolute atomic E-state index is 14.0. The fourth-order valence-electron chi connectivity index (χ4n) is 6.71. The van der Waals surface area contributed by atoms with Gasteiger partial charge in [0.2, 0.25) is 18.6 Å². The molecule has 0 spiro atoms. The number of carboxylic acid groups (broad SMARTS) is 1. The molecule has 3 aliphatic rings. The average molecular weight is 593 g/mol. The van der Waals surface area contributed by atoms with Crippen molar-refractivity contribution >= 4 is 23.5 Å². The van der Waals surface area contributed by atoms with Crippen molar-refractivity contribution in [2.24, 2.45) is 17.1 Å². The number of fused-ring (bicyclic) bond motifs is 1. The zero-order chi connectivity index (χ0) is 30.7. The minimum absolute atomic E-state index is 0.0749. The van der Waals surface area contributed by atoms with E-state index in [-0.39, 0.29) is 31.1 Å². The summed E-state index contributed by atoms with van der Waals surface area (Å²) in [5, 5.41) is 10.6. The number of aliphatic carboxylic acids is 1. The predicted octanol–water partition coefficient (Wildman–Crippen LogP) is 3.82. The van der Waals surface area contributed by atoms with Gasteiger partial charge < -0.3 is 30.1 Å². The number of carbonyl (C=O) groups excluding carboxylic acids is 2. The molecule has 0 saturated carbocycles. The number of hydrogen-bond acceptors (Lipinski definition) is 7. The van der Waals surface area contributed by atoms with E-state index in [0.29, 0.717) is 50.6 Å². The molecule has 1 unspecified atom stereocenters. The van der Waals surface area contributed by atoms with Crippen molar-refractivity contribution < 1.29 is 29.0 Å². The Labute approximate surface area is 253 Å². The van der Waals surface area contributed by atoms with Crippen LogP contribution in [0, 0.1) is 11.3 Å². The van der Waals surface area contributed by atoms with Crippen LogP contribution in [0.2, 0.25) is 0 Å². The number of hydrogen-bond donors (Lipinski definition) is 2. The molecular formula is C33H44N4O6. The molecule has 3 atom stereocenters. The number of unbranched alkanes of at least 4 members (excludes halogenated alkanes) is 1. The molecule has 10 nitrogen and oxygen atoms in total. The van der Waals surface area contributed by atoms with Crippen molar-refractivity contribution in [1.29, 1.82) is 0 Å². The van der Waals surface area contributed by atoms with Crippen molar-refractivity contribution in [2.45, 2.75) is 65.0 Å². The molecule has 10 heteroatoms. The molecule has 43 heavy (non-hydrogen) atoms. The first-order chi connectivity index (χ1) is 20.6. The van der Waals surface area contributed by atoms with E-state index in [1.54, 1.807) is 4.90 Å². The van der Waals surface area contributed by atoms with Gasteiger partial charge in [0.25, 0.3) is 0 Å². The van der Waals surface area contributed by atoms with E-state index in [2.05, 4.69) is 6.92 Å². The maximum Gasteiger partial charge on any atom is 0.308 e. The monoisotopic (exact) mass is 592 g/mol. The van der Waals surface area contributed by atoms with E-state index in [4.69, 9.17) is 15.2 Å². The van der Waals surface area contributed by atoms with Gasteiger partial charge in [-0.1, -0.05) is 45.4 Å². The molecule has 3 N–H and O–H groups in total. The molecule has 3 aliphatic heterocycles. The molecule has 5 rings (SSSR count). The van der Waals surface area contributed by atoms with Crippen LogP contribution in [0.25, 0.3) is 0 Å². The van der Waals surface area contributed by atoms with Crippen LogP contribution in [0.1, 0.15) is 63.5 Å². The minimum atomic E-state index is -0.908. The number of nitrogens with zero attached hydrogens (tertiary/aromatic N) is 3. The molecule has 0 aromatic heterocycles. The first-order valence-electron chi connectivity index (χ1n) is 15.4. The maximum atomic E-state index is 14.0. The average Bonchev–Trinajstić information content (AvgIpc) is 3.67. The van der Waals surface area contributed by atoms with Crippen LogP contribution in [0.4, 0.5) is 5.69 Å². The lowest BCUT2D eigenvalue weighted by molar-refractivity contribution is -0.143. The number of likely N-dealkylation sites (tertiary alicyclic amines) is 2. The number of ether oxygens (including phenoxy) is 2. The lowest BCUT2D eigenvalue weighted by atomic mass is 9.84. The number of nitrogens with two attached hydrogens (primary N) is 1. The van der Waals surface area contributed by atoms with Gasteiger partial charge in [-0.15, -0.1) is 0 Å². The summed E-state index contributed by atoms with van der Waals surface area (Å²) >= 11 is 0. The van der Waals surface area contributed by atoms with Crippen LogP contribution in [0.15, 0.2) is 42.5 Å². The third-order valence-electron chi connectivity index (χ3n) is 9.26. The van der Waals surface area contributed by atoms with Crippen LogP contribution < -0.4 is 20.1 Å². The Hall–Kier alpha value is -3.63. The van der Waals surface area contributed by atoms with Gasteiger partial charge >= 0.3 is 5.97 Å². The van der Waals surface area contributed by atoms with Crippen LogP contribution in [0.3, 0.4) is 0 Å². The fourth-order valence-corrected chi connectivity index (χ4v) is 6.71. The summed E-state index contributed by atoms with van der Waals surface area (Å²) in [7, 11) is 0. The molecule has 3 heterocycles. The SMILES string of the molecule is CCCCN(C(=O)CN1C[C@H](c2ccc3c(c2)OCO3)C(C(=O)O)[C@@H]1CCN1CCC(C)(C)C1=O)c1cccc(CN)c1. The van der Waals surface area contributed by atoms with Crippen molar-refractivity contribution in [1.82, 2.24) is 9.80 Å². The summed E-state index contributed by atoms with van der Waals surface area (Å²) in [4.78, 5) is 45.6. The van der Waals surface area contributed by atoms with Gasteiger partial charge in [-0.2, -0.15) is 0 Å². The standard InChI is InChI=1S/C33H44N4O6/c1-4-5-13-37(24-8-6-7-22(16-24)18-34)29(38)20-36-19-25(23-9-10-27-28(17-23)43-21-42-27)30(31(39)40)26(36)11-14-35-15-12-33(2,3)32(35)41/h6-10,16-17,25-26,30H,4-5,11-15,18-21,34H2,1-3H3,(H,39,40)/t25-,26+,30?/m1/s1. The van der Waals surface area contributed by atoms with Crippen molar-refractivity contribution in [3.63, 3.8) is 0 Å². The molecule has 2 fully saturated rings. The lowest BCUT2D eigenvalue weighted by Gasteiger charge is -2.31. The number of anilines is 1. The number of carboxylic acids is 1. The minimum Gasteiger partial charge on any atom is -0.481 e. The van der Waals surface area contributed by atoms with E-state index >= 15 is 0 Å². The van der Waals surface area contributed by atoms with Gasteiger partial charge in [-0.25, -0.2) is 0 Å². The molecule has 2 aromatic carbocycles. The Morgan fingerprint density at radius 2 is 1.93 bits per heavy atom. The van der Waals surface area contributed by atoms with E-state index in [9.17, 15) is 19.5 Å². The molecular weight excluding hydrogens is 548 g/mol.